The van der Waals surface area contributed by atoms with Gasteiger partial charge >= 0.3 is 12.1 Å². The van der Waals surface area contributed by atoms with Gasteiger partial charge in [0.25, 0.3) is 0 Å². The molecule has 1 heterocycles. The van der Waals surface area contributed by atoms with Gasteiger partial charge in [-0.25, -0.2) is 9.48 Å². The maximum atomic E-state index is 14.3. The number of aryl methyl sites for hydroxylation is 1. The highest BCUT2D eigenvalue weighted by atomic mass is 19.4. The van der Waals surface area contributed by atoms with Crippen molar-refractivity contribution in [3.63, 3.8) is 0 Å². The van der Waals surface area contributed by atoms with E-state index in [-0.39, 0.29) is 33.9 Å². The van der Waals surface area contributed by atoms with E-state index in [1.165, 1.54) is 44.6 Å². The zero-order valence-electron chi connectivity index (χ0n) is 19.6. The molecule has 4 aromatic rings. The fourth-order valence-corrected chi connectivity index (χ4v) is 3.80. The molecule has 186 valence electrons. The zero-order chi connectivity index (χ0) is 26.0. The van der Waals surface area contributed by atoms with Crippen LogP contribution >= 0.6 is 0 Å². The molecule has 0 radical (unpaired) electrons. The highest BCUT2D eigenvalue weighted by molar-refractivity contribution is 5.96. The van der Waals surface area contributed by atoms with Crippen LogP contribution in [0.3, 0.4) is 0 Å². The molecule has 2 N–H and O–H groups in total. The first-order chi connectivity index (χ1) is 17.1. The summed E-state index contributed by atoms with van der Waals surface area (Å²) in [5.74, 6) is -0.567. The molecule has 4 rings (SSSR count). The van der Waals surface area contributed by atoms with Crippen molar-refractivity contribution in [3.05, 3.63) is 83.6 Å². The normalized spacial score (nSPS) is 11.3. The number of nitrogens with zero attached hydrogens (tertiary/aromatic N) is 2. The van der Waals surface area contributed by atoms with Gasteiger partial charge in [-0.2, -0.15) is 18.3 Å². The van der Waals surface area contributed by atoms with Crippen molar-refractivity contribution in [2.24, 2.45) is 0 Å². The Morgan fingerprint density at radius 2 is 1.61 bits per heavy atom. The number of aromatic carboxylic acids is 1. The molecule has 0 saturated carbocycles. The van der Waals surface area contributed by atoms with Crippen LogP contribution in [0.4, 0.5) is 24.7 Å². The molecule has 0 amide bonds. The molecule has 0 atom stereocenters. The van der Waals surface area contributed by atoms with Crippen LogP contribution in [-0.2, 0) is 6.18 Å². The van der Waals surface area contributed by atoms with E-state index in [4.69, 9.17) is 9.47 Å². The van der Waals surface area contributed by atoms with Crippen molar-refractivity contribution in [2.45, 2.75) is 13.1 Å². The number of aromatic nitrogens is 2. The number of alkyl halides is 3. The van der Waals surface area contributed by atoms with E-state index in [0.29, 0.717) is 17.0 Å². The fourth-order valence-electron chi connectivity index (χ4n) is 3.80. The summed E-state index contributed by atoms with van der Waals surface area (Å²) in [6.07, 6.45) is -4.80. The summed E-state index contributed by atoms with van der Waals surface area (Å²) in [6.45, 7) is 1.75. The van der Waals surface area contributed by atoms with E-state index in [9.17, 15) is 23.1 Å². The van der Waals surface area contributed by atoms with Gasteiger partial charge in [-0.05, 0) is 54.4 Å². The standard InChI is InChI=1S/C26H22F3N3O4/c1-15-6-4-5-7-21(15)32-24(30-20-13-12-18(36-3)14-19(20)25(33)34)22(23(31-32)26(27,28)29)16-8-10-17(35-2)11-9-16/h4-14,30H,1-3H3,(H,33,34). The summed E-state index contributed by atoms with van der Waals surface area (Å²) in [5.41, 5.74) is -0.176. The largest absolute Gasteiger partial charge is 0.497 e. The third-order valence-electron chi connectivity index (χ3n) is 5.59. The molecule has 10 heteroatoms. The maximum Gasteiger partial charge on any atom is 0.435 e. The maximum absolute atomic E-state index is 14.3. The molecule has 3 aromatic carbocycles. The monoisotopic (exact) mass is 497 g/mol. The molecule has 0 aliphatic rings. The molecule has 0 spiro atoms. The average Bonchev–Trinajstić information content (AvgIpc) is 3.24. The first-order valence-corrected chi connectivity index (χ1v) is 10.7. The molecule has 0 aliphatic carbocycles. The second kappa shape index (κ2) is 9.65. The topological polar surface area (TPSA) is 85.6 Å². The Labute approximate surface area is 204 Å². The lowest BCUT2D eigenvalue weighted by Crippen LogP contribution is -2.09. The van der Waals surface area contributed by atoms with Gasteiger partial charge in [0.1, 0.15) is 17.3 Å². The number of hydrogen-bond donors (Lipinski definition) is 2. The Morgan fingerprint density at radius 1 is 0.972 bits per heavy atom. The van der Waals surface area contributed by atoms with Gasteiger partial charge < -0.3 is 19.9 Å². The van der Waals surface area contributed by atoms with Crippen molar-refractivity contribution < 1.29 is 32.5 Å². The summed E-state index contributed by atoms with van der Waals surface area (Å²) in [7, 11) is 2.84. The van der Waals surface area contributed by atoms with Crippen LogP contribution in [0.5, 0.6) is 11.5 Å². The predicted molar refractivity (Wildman–Crippen MR) is 129 cm³/mol. The van der Waals surface area contributed by atoms with Crippen LogP contribution in [0.15, 0.2) is 66.7 Å². The first kappa shape index (κ1) is 24.6. The number of benzene rings is 3. The van der Waals surface area contributed by atoms with E-state index >= 15 is 0 Å². The molecule has 1 aromatic heterocycles. The van der Waals surface area contributed by atoms with E-state index < -0.39 is 17.8 Å². The van der Waals surface area contributed by atoms with Crippen LogP contribution in [0.1, 0.15) is 21.6 Å². The number of para-hydroxylation sites is 1. The van der Waals surface area contributed by atoms with E-state index in [1.807, 2.05) is 0 Å². The summed E-state index contributed by atoms with van der Waals surface area (Å²) in [6, 6.07) is 17.1. The third-order valence-corrected chi connectivity index (χ3v) is 5.59. The minimum Gasteiger partial charge on any atom is -0.497 e. The van der Waals surface area contributed by atoms with Crippen molar-refractivity contribution >= 4 is 17.5 Å². The summed E-state index contributed by atoms with van der Waals surface area (Å²) >= 11 is 0. The Kier molecular flexibility index (Phi) is 6.61. The smallest absolute Gasteiger partial charge is 0.435 e. The van der Waals surface area contributed by atoms with Crippen molar-refractivity contribution in [1.82, 2.24) is 9.78 Å². The van der Waals surface area contributed by atoms with Crippen LogP contribution in [0.2, 0.25) is 0 Å². The van der Waals surface area contributed by atoms with Gasteiger partial charge in [-0.1, -0.05) is 30.3 Å². The number of carboxylic acids is 1. The van der Waals surface area contributed by atoms with Gasteiger partial charge in [0.15, 0.2) is 5.69 Å². The van der Waals surface area contributed by atoms with Gasteiger partial charge in [0, 0.05) is 0 Å². The third kappa shape index (κ3) is 4.70. The molecule has 0 unspecified atom stereocenters. The van der Waals surface area contributed by atoms with Crippen LogP contribution in [0, 0.1) is 6.92 Å². The number of anilines is 2. The molecule has 0 bridgehead atoms. The Hall–Kier alpha value is -4.47. The quantitative estimate of drug-likeness (QED) is 0.311. The fraction of sp³-hybridized carbons (Fsp3) is 0.154. The summed E-state index contributed by atoms with van der Waals surface area (Å²) < 4.78 is 54.3. The SMILES string of the molecule is COc1ccc(-c2c(C(F)(F)F)nn(-c3ccccc3C)c2Nc2ccc(OC)cc2C(=O)O)cc1. The number of hydrogen-bond acceptors (Lipinski definition) is 5. The van der Waals surface area contributed by atoms with Crippen LogP contribution in [0.25, 0.3) is 16.8 Å². The minimum absolute atomic E-state index is 0.0468. The van der Waals surface area contributed by atoms with Crippen molar-refractivity contribution in [3.8, 4) is 28.3 Å². The number of ether oxygens (including phenoxy) is 2. The highest BCUT2D eigenvalue weighted by Crippen LogP contribution is 2.44. The molecule has 0 aliphatic heterocycles. The van der Waals surface area contributed by atoms with Crippen LogP contribution < -0.4 is 14.8 Å². The van der Waals surface area contributed by atoms with E-state index in [0.717, 1.165) is 4.68 Å². The van der Waals surface area contributed by atoms with Crippen molar-refractivity contribution in [2.75, 3.05) is 19.5 Å². The molecule has 0 saturated heterocycles. The zero-order valence-corrected chi connectivity index (χ0v) is 19.6. The molecular weight excluding hydrogens is 475 g/mol. The van der Waals surface area contributed by atoms with Crippen LogP contribution in [-0.4, -0.2) is 35.1 Å². The van der Waals surface area contributed by atoms with E-state index in [1.54, 1.807) is 43.3 Å². The number of carbonyl (C=O) groups is 1. The predicted octanol–water partition coefficient (Wildman–Crippen LogP) is 6.33. The lowest BCUT2D eigenvalue weighted by atomic mass is 10.0. The summed E-state index contributed by atoms with van der Waals surface area (Å²) in [4.78, 5) is 12.0. The summed E-state index contributed by atoms with van der Waals surface area (Å²) in [5, 5.41) is 16.6. The Bertz CT molecular complexity index is 1410. The average molecular weight is 497 g/mol. The van der Waals surface area contributed by atoms with Gasteiger partial charge in [-0.3, -0.25) is 0 Å². The lowest BCUT2D eigenvalue weighted by molar-refractivity contribution is -0.140. The number of nitrogens with one attached hydrogen (secondary N) is 1. The number of carboxylic acid groups (broad SMARTS) is 1. The molecule has 0 fully saturated rings. The van der Waals surface area contributed by atoms with Gasteiger partial charge in [0.2, 0.25) is 0 Å². The first-order valence-electron chi connectivity index (χ1n) is 10.7. The lowest BCUT2D eigenvalue weighted by Gasteiger charge is -2.16. The van der Waals surface area contributed by atoms with Gasteiger partial charge in [0.05, 0.1) is 36.7 Å². The second-order valence-electron chi connectivity index (χ2n) is 7.84. The second-order valence-corrected chi connectivity index (χ2v) is 7.84. The number of rotatable bonds is 7. The molecule has 7 nitrogen and oxygen atoms in total. The number of methoxy groups -OCH3 is 2. The molecular formula is C26H22F3N3O4. The Balaban J connectivity index is 2.03. The number of halogens is 3. The highest BCUT2D eigenvalue weighted by Gasteiger charge is 2.40. The van der Waals surface area contributed by atoms with Gasteiger partial charge in [-0.15, -0.1) is 0 Å². The van der Waals surface area contributed by atoms with E-state index in [2.05, 4.69) is 10.4 Å². The molecule has 36 heavy (non-hydrogen) atoms. The minimum atomic E-state index is -4.80. The van der Waals surface area contributed by atoms with Crippen molar-refractivity contribution in [1.29, 1.82) is 0 Å². The Morgan fingerprint density at radius 3 is 2.19 bits per heavy atom.